The maximum Gasteiger partial charge on any atom is 0.232 e. The molecule has 0 amide bonds. The fourth-order valence-electron chi connectivity index (χ4n) is 1.52. The van der Waals surface area contributed by atoms with Gasteiger partial charge in [-0.05, 0) is 44.5 Å². The summed E-state index contributed by atoms with van der Waals surface area (Å²) in [6.07, 6.45) is 0. The molecule has 0 bridgehead atoms. The van der Waals surface area contributed by atoms with Gasteiger partial charge in [0, 0.05) is 0 Å². The van der Waals surface area contributed by atoms with Gasteiger partial charge in [0.25, 0.3) is 0 Å². The van der Waals surface area contributed by atoms with E-state index >= 15 is 0 Å². The first-order valence-corrected chi connectivity index (χ1v) is 5.38. The molecule has 0 spiro atoms. The number of nitrogens with zero attached hydrogens (tertiary/aromatic N) is 1. The molecular weight excluding hydrogens is 221 g/mol. The monoisotopic (exact) mass is 235 g/mol. The molecule has 1 heterocycles. The van der Waals surface area contributed by atoms with Gasteiger partial charge in [0.05, 0.1) is 5.69 Å². The predicted molar refractivity (Wildman–Crippen MR) is 61.4 cm³/mol. The molecule has 1 aromatic carbocycles. The van der Waals surface area contributed by atoms with Crippen LogP contribution >= 0.6 is 0 Å². The molecule has 0 aliphatic heterocycles. The highest BCUT2D eigenvalue weighted by Gasteiger charge is 2.07. The summed E-state index contributed by atoms with van der Waals surface area (Å²) >= 11 is 0. The van der Waals surface area contributed by atoms with Crippen molar-refractivity contribution in [2.75, 3.05) is 0 Å². The second-order valence-electron chi connectivity index (χ2n) is 3.95. The number of benzene rings is 1. The highest BCUT2D eigenvalue weighted by molar-refractivity contribution is 5.32. The van der Waals surface area contributed by atoms with Crippen molar-refractivity contribution in [3.05, 3.63) is 46.9 Å². The molecule has 1 aromatic heterocycles. The van der Waals surface area contributed by atoms with Crippen LogP contribution in [0.4, 0.5) is 4.39 Å². The average molecular weight is 235 g/mol. The number of halogens is 1. The number of hydrogen-bond acceptors (Lipinski definition) is 3. The summed E-state index contributed by atoms with van der Waals surface area (Å²) in [7, 11) is 0. The number of ether oxygens (including phenoxy) is 1. The van der Waals surface area contributed by atoms with Gasteiger partial charge < -0.3 is 9.15 Å². The maximum atomic E-state index is 12.9. The van der Waals surface area contributed by atoms with Crippen LogP contribution in [0.25, 0.3) is 0 Å². The summed E-state index contributed by atoms with van der Waals surface area (Å²) < 4.78 is 23.8. The molecule has 0 fully saturated rings. The van der Waals surface area contributed by atoms with E-state index in [1.165, 1.54) is 12.1 Å². The summed E-state index contributed by atoms with van der Waals surface area (Å²) in [5.74, 6) is 1.70. The van der Waals surface area contributed by atoms with Crippen molar-refractivity contribution < 1.29 is 13.5 Å². The van der Waals surface area contributed by atoms with Crippen LogP contribution in [0.15, 0.2) is 22.6 Å². The summed E-state index contributed by atoms with van der Waals surface area (Å²) in [5, 5.41) is 0. The lowest BCUT2D eigenvalue weighted by molar-refractivity contribution is 0.258. The molecule has 0 N–H and O–H groups in total. The zero-order valence-electron chi connectivity index (χ0n) is 10.1. The zero-order valence-corrected chi connectivity index (χ0v) is 10.1. The second-order valence-corrected chi connectivity index (χ2v) is 3.95. The Balaban J connectivity index is 2.07. The zero-order chi connectivity index (χ0) is 12.4. The van der Waals surface area contributed by atoms with Crippen molar-refractivity contribution >= 4 is 0 Å². The van der Waals surface area contributed by atoms with Crippen LogP contribution in [0.1, 0.15) is 22.9 Å². The highest BCUT2D eigenvalue weighted by Crippen LogP contribution is 2.20. The van der Waals surface area contributed by atoms with Gasteiger partial charge in [0.1, 0.15) is 17.3 Å². The molecule has 90 valence electrons. The molecular formula is C13H14FNO2. The van der Waals surface area contributed by atoms with Gasteiger partial charge in [-0.1, -0.05) is 0 Å². The van der Waals surface area contributed by atoms with Crippen molar-refractivity contribution in [3.8, 4) is 5.75 Å². The molecule has 2 rings (SSSR count). The van der Waals surface area contributed by atoms with Gasteiger partial charge in [-0.3, -0.25) is 0 Å². The van der Waals surface area contributed by atoms with Crippen LogP contribution in [-0.4, -0.2) is 4.98 Å². The highest BCUT2D eigenvalue weighted by atomic mass is 19.1. The van der Waals surface area contributed by atoms with E-state index in [0.29, 0.717) is 11.6 Å². The normalized spacial score (nSPS) is 10.6. The Bertz CT molecular complexity index is 515. The summed E-state index contributed by atoms with van der Waals surface area (Å²) in [4.78, 5) is 4.21. The molecule has 17 heavy (non-hydrogen) atoms. The minimum absolute atomic E-state index is 0.251. The average Bonchev–Trinajstić information content (AvgIpc) is 2.57. The van der Waals surface area contributed by atoms with Crippen LogP contribution in [0.3, 0.4) is 0 Å². The molecule has 0 aliphatic carbocycles. The Morgan fingerprint density at radius 2 is 2.06 bits per heavy atom. The summed E-state index contributed by atoms with van der Waals surface area (Å²) in [6.45, 7) is 5.78. The van der Waals surface area contributed by atoms with E-state index in [4.69, 9.17) is 9.15 Å². The van der Waals surface area contributed by atoms with E-state index in [1.54, 1.807) is 13.0 Å². The Morgan fingerprint density at radius 3 is 2.65 bits per heavy atom. The van der Waals surface area contributed by atoms with Crippen molar-refractivity contribution in [3.63, 3.8) is 0 Å². The first-order valence-electron chi connectivity index (χ1n) is 5.38. The fraction of sp³-hybridized carbons (Fsp3) is 0.308. The lowest BCUT2D eigenvalue weighted by Crippen LogP contribution is -1.97. The van der Waals surface area contributed by atoms with E-state index in [-0.39, 0.29) is 12.4 Å². The lowest BCUT2D eigenvalue weighted by Gasteiger charge is -2.06. The standard InChI is InChI=1S/C13H14FNO2/c1-8-6-11(14)4-5-12(8)16-7-13-15-9(2)10(3)17-13/h4-6H,7H2,1-3H3. The number of aryl methyl sites for hydroxylation is 3. The summed E-state index contributed by atoms with van der Waals surface area (Å²) in [5.41, 5.74) is 1.62. The Morgan fingerprint density at radius 1 is 1.29 bits per heavy atom. The smallest absolute Gasteiger partial charge is 0.232 e. The predicted octanol–water partition coefficient (Wildman–Crippen LogP) is 3.32. The van der Waals surface area contributed by atoms with E-state index in [2.05, 4.69) is 4.98 Å². The number of rotatable bonds is 3. The van der Waals surface area contributed by atoms with Crippen LogP contribution in [0.2, 0.25) is 0 Å². The molecule has 0 unspecified atom stereocenters. The number of oxazole rings is 1. The minimum Gasteiger partial charge on any atom is -0.484 e. The van der Waals surface area contributed by atoms with Crippen LogP contribution < -0.4 is 4.74 Å². The third-order valence-corrected chi connectivity index (χ3v) is 2.56. The Labute approximate surface area is 99.2 Å². The Kier molecular flexibility index (Phi) is 3.13. The molecule has 3 nitrogen and oxygen atoms in total. The first kappa shape index (κ1) is 11.6. The molecule has 0 atom stereocenters. The minimum atomic E-state index is -0.266. The topological polar surface area (TPSA) is 35.3 Å². The van der Waals surface area contributed by atoms with Gasteiger partial charge >= 0.3 is 0 Å². The third kappa shape index (κ3) is 2.64. The van der Waals surface area contributed by atoms with Gasteiger partial charge in [0.2, 0.25) is 5.89 Å². The molecule has 4 heteroatoms. The van der Waals surface area contributed by atoms with E-state index in [1.807, 2.05) is 13.8 Å². The van der Waals surface area contributed by atoms with Crippen molar-refractivity contribution in [1.82, 2.24) is 4.98 Å². The maximum absolute atomic E-state index is 12.9. The van der Waals surface area contributed by atoms with Gasteiger partial charge in [-0.25, -0.2) is 9.37 Å². The van der Waals surface area contributed by atoms with Gasteiger partial charge in [0.15, 0.2) is 6.61 Å². The van der Waals surface area contributed by atoms with Crippen molar-refractivity contribution in [2.45, 2.75) is 27.4 Å². The molecule has 0 aliphatic rings. The Hall–Kier alpha value is -1.84. The van der Waals surface area contributed by atoms with Crippen molar-refractivity contribution in [2.24, 2.45) is 0 Å². The van der Waals surface area contributed by atoms with Crippen LogP contribution in [-0.2, 0) is 6.61 Å². The SMILES string of the molecule is Cc1cc(F)ccc1OCc1nc(C)c(C)o1. The lowest BCUT2D eigenvalue weighted by atomic mass is 10.2. The molecule has 0 radical (unpaired) electrons. The number of hydrogen-bond donors (Lipinski definition) is 0. The first-order chi connectivity index (χ1) is 8.06. The quantitative estimate of drug-likeness (QED) is 0.818. The van der Waals surface area contributed by atoms with Crippen molar-refractivity contribution in [1.29, 1.82) is 0 Å². The number of aromatic nitrogens is 1. The largest absolute Gasteiger partial charge is 0.484 e. The molecule has 2 aromatic rings. The molecule has 0 saturated heterocycles. The van der Waals surface area contributed by atoms with Gasteiger partial charge in [-0.2, -0.15) is 0 Å². The fourth-order valence-corrected chi connectivity index (χ4v) is 1.52. The molecule has 0 saturated carbocycles. The van der Waals surface area contributed by atoms with E-state index in [0.717, 1.165) is 17.0 Å². The van der Waals surface area contributed by atoms with Gasteiger partial charge in [-0.15, -0.1) is 0 Å². The van der Waals surface area contributed by atoms with E-state index in [9.17, 15) is 4.39 Å². The summed E-state index contributed by atoms with van der Waals surface area (Å²) in [6, 6.07) is 4.41. The van der Waals surface area contributed by atoms with Crippen LogP contribution in [0.5, 0.6) is 5.75 Å². The second kappa shape index (κ2) is 4.57. The van der Waals surface area contributed by atoms with E-state index < -0.39 is 0 Å². The van der Waals surface area contributed by atoms with Crippen LogP contribution in [0, 0.1) is 26.6 Å². The third-order valence-electron chi connectivity index (χ3n) is 2.56.